The molecule has 2 unspecified atom stereocenters. The molecule has 2 atom stereocenters. The zero-order chi connectivity index (χ0) is 10.9. The van der Waals surface area contributed by atoms with Gasteiger partial charge in [0.25, 0.3) is 0 Å². The molecule has 1 aliphatic carbocycles. The summed E-state index contributed by atoms with van der Waals surface area (Å²) in [6.07, 6.45) is 5.98. The van der Waals surface area contributed by atoms with E-state index in [-0.39, 0.29) is 0 Å². The first kappa shape index (κ1) is 12.9. The van der Waals surface area contributed by atoms with Gasteiger partial charge in [-0.2, -0.15) is 0 Å². The SMILES string of the molecule is CCCOCCOCCC1CCCC1N. The number of ether oxygens (including phenoxy) is 2. The molecule has 0 aromatic rings. The topological polar surface area (TPSA) is 44.5 Å². The van der Waals surface area contributed by atoms with Gasteiger partial charge < -0.3 is 15.2 Å². The van der Waals surface area contributed by atoms with Gasteiger partial charge in [0.2, 0.25) is 0 Å². The Morgan fingerprint density at radius 3 is 2.40 bits per heavy atom. The molecule has 0 amide bonds. The van der Waals surface area contributed by atoms with Crippen molar-refractivity contribution in [3.05, 3.63) is 0 Å². The summed E-state index contributed by atoms with van der Waals surface area (Å²) in [6.45, 7) is 5.25. The third-order valence-electron chi connectivity index (χ3n) is 3.07. The second kappa shape index (κ2) is 8.08. The molecule has 0 aromatic heterocycles. The Morgan fingerprint density at radius 2 is 1.80 bits per heavy atom. The summed E-state index contributed by atoms with van der Waals surface area (Å²) in [7, 11) is 0. The van der Waals surface area contributed by atoms with Crippen LogP contribution in [0.5, 0.6) is 0 Å². The van der Waals surface area contributed by atoms with Gasteiger partial charge in [-0.05, 0) is 31.6 Å². The summed E-state index contributed by atoms with van der Waals surface area (Å²) in [6, 6.07) is 0.421. The Balaban J connectivity index is 1.84. The number of hydrogen-bond donors (Lipinski definition) is 1. The highest BCUT2D eigenvalue weighted by molar-refractivity contribution is 4.79. The van der Waals surface area contributed by atoms with E-state index in [4.69, 9.17) is 15.2 Å². The van der Waals surface area contributed by atoms with Crippen molar-refractivity contribution in [3.8, 4) is 0 Å². The predicted molar refractivity (Wildman–Crippen MR) is 61.9 cm³/mol. The van der Waals surface area contributed by atoms with Crippen LogP contribution in [0.3, 0.4) is 0 Å². The first-order chi connectivity index (χ1) is 7.34. The Morgan fingerprint density at radius 1 is 1.07 bits per heavy atom. The monoisotopic (exact) mass is 215 g/mol. The average Bonchev–Trinajstić information content (AvgIpc) is 2.63. The largest absolute Gasteiger partial charge is 0.379 e. The maximum atomic E-state index is 5.98. The molecular formula is C12H25NO2. The molecule has 0 aromatic carbocycles. The normalized spacial score (nSPS) is 26.0. The van der Waals surface area contributed by atoms with Gasteiger partial charge in [-0.25, -0.2) is 0 Å². The highest BCUT2D eigenvalue weighted by atomic mass is 16.5. The van der Waals surface area contributed by atoms with Crippen LogP contribution in [0.4, 0.5) is 0 Å². The smallest absolute Gasteiger partial charge is 0.0700 e. The number of hydrogen-bond acceptors (Lipinski definition) is 3. The maximum Gasteiger partial charge on any atom is 0.0700 e. The van der Waals surface area contributed by atoms with Crippen LogP contribution in [0.25, 0.3) is 0 Å². The molecule has 1 aliphatic rings. The van der Waals surface area contributed by atoms with Gasteiger partial charge in [0, 0.05) is 19.3 Å². The summed E-state index contributed by atoms with van der Waals surface area (Å²) in [5, 5.41) is 0. The Bertz CT molecular complexity index is 153. The van der Waals surface area contributed by atoms with Gasteiger partial charge in [-0.3, -0.25) is 0 Å². The lowest BCUT2D eigenvalue weighted by Gasteiger charge is -2.14. The summed E-state index contributed by atoms with van der Waals surface area (Å²) >= 11 is 0. The fourth-order valence-electron chi connectivity index (χ4n) is 2.12. The molecule has 1 saturated carbocycles. The lowest BCUT2D eigenvalue weighted by Crippen LogP contribution is -2.25. The predicted octanol–water partition coefficient (Wildman–Crippen LogP) is 1.95. The van der Waals surface area contributed by atoms with Crippen LogP contribution >= 0.6 is 0 Å². The highest BCUT2D eigenvalue weighted by Crippen LogP contribution is 2.26. The van der Waals surface area contributed by atoms with Crippen LogP contribution in [-0.4, -0.2) is 32.5 Å². The molecule has 3 nitrogen and oxygen atoms in total. The lowest BCUT2D eigenvalue weighted by atomic mass is 10.0. The third kappa shape index (κ3) is 5.50. The Kier molecular flexibility index (Phi) is 6.98. The molecule has 0 aliphatic heterocycles. The Labute approximate surface area is 93.3 Å². The fraction of sp³-hybridized carbons (Fsp3) is 1.00. The van der Waals surface area contributed by atoms with E-state index in [2.05, 4.69) is 6.92 Å². The highest BCUT2D eigenvalue weighted by Gasteiger charge is 2.22. The van der Waals surface area contributed by atoms with Crippen molar-refractivity contribution in [3.63, 3.8) is 0 Å². The maximum absolute atomic E-state index is 5.98. The van der Waals surface area contributed by atoms with E-state index in [0.717, 1.165) is 39.3 Å². The van der Waals surface area contributed by atoms with Crippen molar-refractivity contribution in [2.45, 2.75) is 45.1 Å². The third-order valence-corrected chi connectivity index (χ3v) is 3.07. The summed E-state index contributed by atoms with van der Waals surface area (Å²) in [5.41, 5.74) is 5.98. The minimum absolute atomic E-state index is 0.421. The van der Waals surface area contributed by atoms with Crippen molar-refractivity contribution in [2.24, 2.45) is 11.7 Å². The summed E-state index contributed by atoms with van der Waals surface area (Å²) < 4.78 is 10.8. The molecule has 0 spiro atoms. The van der Waals surface area contributed by atoms with E-state index in [9.17, 15) is 0 Å². The molecule has 90 valence electrons. The second-order valence-electron chi connectivity index (χ2n) is 4.37. The Hall–Kier alpha value is -0.120. The molecule has 0 bridgehead atoms. The molecule has 0 heterocycles. The number of nitrogens with two attached hydrogens (primary N) is 1. The van der Waals surface area contributed by atoms with Gasteiger partial charge in [0.15, 0.2) is 0 Å². The minimum Gasteiger partial charge on any atom is -0.379 e. The zero-order valence-electron chi connectivity index (χ0n) is 9.91. The van der Waals surface area contributed by atoms with Crippen molar-refractivity contribution in [1.29, 1.82) is 0 Å². The van der Waals surface area contributed by atoms with E-state index in [1.165, 1.54) is 19.3 Å². The van der Waals surface area contributed by atoms with E-state index < -0.39 is 0 Å². The van der Waals surface area contributed by atoms with E-state index in [1.54, 1.807) is 0 Å². The fourth-order valence-corrected chi connectivity index (χ4v) is 2.12. The van der Waals surface area contributed by atoms with Crippen LogP contribution in [0, 0.1) is 5.92 Å². The minimum atomic E-state index is 0.421. The molecule has 0 saturated heterocycles. The van der Waals surface area contributed by atoms with Crippen LogP contribution in [0.1, 0.15) is 39.0 Å². The second-order valence-corrected chi connectivity index (χ2v) is 4.37. The van der Waals surface area contributed by atoms with Crippen LogP contribution in [0.15, 0.2) is 0 Å². The molecule has 0 radical (unpaired) electrons. The van der Waals surface area contributed by atoms with Crippen LogP contribution < -0.4 is 5.73 Å². The zero-order valence-corrected chi connectivity index (χ0v) is 9.91. The van der Waals surface area contributed by atoms with E-state index in [1.807, 2.05) is 0 Å². The van der Waals surface area contributed by atoms with Crippen molar-refractivity contribution >= 4 is 0 Å². The van der Waals surface area contributed by atoms with Crippen molar-refractivity contribution in [1.82, 2.24) is 0 Å². The molecule has 1 fully saturated rings. The van der Waals surface area contributed by atoms with Gasteiger partial charge in [0.1, 0.15) is 0 Å². The van der Waals surface area contributed by atoms with Gasteiger partial charge in [-0.1, -0.05) is 13.3 Å². The first-order valence-electron chi connectivity index (χ1n) is 6.25. The lowest BCUT2D eigenvalue weighted by molar-refractivity contribution is 0.0427. The molecular weight excluding hydrogens is 190 g/mol. The van der Waals surface area contributed by atoms with Gasteiger partial charge >= 0.3 is 0 Å². The van der Waals surface area contributed by atoms with Crippen LogP contribution in [0.2, 0.25) is 0 Å². The standard InChI is InChI=1S/C12H25NO2/c1-2-7-14-9-10-15-8-6-11-4-3-5-12(11)13/h11-12H,2-10,13H2,1H3. The summed E-state index contributed by atoms with van der Waals surface area (Å²) in [4.78, 5) is 0. The average molecular weight is 215 g/mol. The summed E-state index contributed by atoms with van der Waals surface area (Å²) in [5.74, 6) is 0.696. The first-order valence-corrected chi connectivity index (χ1v) is 6.25. The van der Waals surface area contributed by atoms with Crippen molar-refractivity contribution in [2.75, 3.05) is 26.4 Å². The molecule has 3 heteroatoms. The van der Waals surface area contributed by atoms with Crippen LogP contribution in [-0.2, 0) is 9.47 Å². The van der Waals surface area contributed by atoms with E-state index >= 15 is 0 Å². The van der Waals surface area contributed by atoms with E-state index in [0.29, 0.717) is 12.0 Å². The molecule has 2 N–H and O–H groups in total. The van der Waals surface area contributed by atoms with Crippen molar-refractivity contribution < 1.29 is 9.47 Å². The van der Waals surface area contributed by atoms with Gasteiger partial charge in [-0.15, -0.1) is 0 Å². The molecule has 1 rings (SSSR count). The quantitative estimate of drug-likeness (QED) is 0.629. The number of rotatable bonds is 8. The molecule has 15 heavy (non-hydrogen) atoms. The van der Waals surface area contributed by atoms with Gasteiger partial charge in [0.05, 0.1) is 13.2 Å².